The normalized spacial score (nSPS) is 11.3. The van der Waals surface area contributed by atoms with Crippen molar-refractivity contribution in [3.63, 3.8) is 0 Å². The molecule has 0 spiro atoms. The molecule has 60 heavy (non-hydrogen) atoms. The third-order valence-corrected chi connectivity index (χ3v) is 11.7. The number of hydrogen-bond acceptors (Lipinski definition) is 2. The molecule has 0 aliphatic carbocycles. The Balaban J connectivity index is 0.941. The number of nitrogens with zero attached hydrogens (tertiary/aromatic N) is 1. The zero-order valence-electron chi connectivity index (χ0n) is 32.9. The molecule has 1 heterocycles. The summed E-state index contributed by atoms with van der Waals surface area (Å²) in [6.07, 6.45) is 0. The topological polar surface area (TPSA) is 16.4 Å². The number of rotatable bonds is 8. The molecule has 0 N–H and O–H groups in total. The maximum absolute atomic E-state index is 6.22. The fourth-order valence-electron chi connectivity index (χ4n) is 8.54. The van der Waals surface area contributed by atoms with Gasteiger partial charge in [-0.2, -0.15) is 0 Å². The second-order valence-electron chi connectivity index (χ2n) is 15.4. The standard InChI is InChI=1S/C58H39NO/c1-2-12-45-37-49(23-22-40(45)10-1)48-17-7-15-46(36-48)41-24-30-52(31-25-41)59(54-34-28-44(29-35-54)56-20-9-14-43-11-3-5-19-55(43)56)53-32-26-42(27-33-53)47-16-8-18-50(38-47)58-39-51-13-4-6-21-57(51)60-58/h1-39H. The summed E-state index contributed by atoms with van der Waals surface area (Å²) in [6, 6.07) is 84.9. The van der Waals surface area contributed by atoms with Gasteiger partial charge in [0, 0.05) is 28.0 Å². The fourth-order valence-corrected chi connectivity index (χ4v) is 8.54. The van der Waals surface area contributed by atoms with E-state index in [0.717, 1.165) is 50.5 Å². The number of para-hydroxylation sites is 1. The molecule has 0 bridgehead atoms. The van der Waals surface area contributed by atoms with E-state index in [4.69, 9.17) is 4.42 Å². The molecule has 1 aromatic heterocycles. The lowest BCUT2D eigenvalue weighted by atomic mass is 9.97. The molecular weight excluding hydrogens is 727 g/mol. The van der Waals surface area contributed by atoms with Crippen molar-refractivity contribution in [1.29, 1.82) is 0 Å². The number of hydrogen-bond donors (Lipinski definition) is 0. The lowest BCUT2D eigenvalue weighted by molar-refractivity contribution is 0.631. The molecule has 0 saturated heterocycles. The van der Waals surface area contributed by atoms with Gasteiger partial charge < -0.3 is 9.32 Å². The van der Waals surface area contributed by atoms with Crippen LogP contribution in [0.3, 0.4) is 0 Å². The Morgan fingerprint density at radius 3 is 1.40 bits per heavy atom. The first-order chi connectivity index (χ1) is 29.7. The van der Waals surface area contributed by atoms with Crippen LogP contribution in [0, 0.1) is 0 Å². The van der Waals surface area contributed by atoms with Crippen molar-refractivity contribution < 1.29 is 4.42 Å². The van der Waals surface area contributed by atoms with Gasteiger partial charge in [0.1, 0.15) is 11.3 Å². The van der Waals surface area contributed by atoms with Crippen molar-refractivity contribution in [1.82, 2.24) is 0 Å². The van der Waals surface area contributed by atoms with Gasteiger partial charge in [-0.3, -0.25) is 0 Å². The van der Waals surface area contributed by atoms with Crippen LogP contribution in [0.25, 0.3) is 88.3 Å². The van der Waals surface area contributed by atoms with Crippen LogP contribution in [0.1, 0.15) is 0 Å². The summed E-state index contributed by atoms with van der Waals surface area (Å²) in [7, 11) is 0. The predicted molar refractivity (Wildman–Crippen MR) is 253 cm³/mol. The fraction of sp³-hybridized carbons (Fsp3) is 0. The average molecular weight is 766 g/mol. The molecule has 0 saturated carbocycles. The minimum absolute atomic E-state index is 0.872. The third-order valence-electron chi connectivity index (χ3n) is 11.7. The molecule has 0 fully saturated rings. The first kappa shape index (κ1) is 35.2. The van der Waals surface area contributed by atoms with Gasteiger partial charge in [-0.25, -0.2) is 0 Å². The smallest absolute Gasteiger partial charge is 0.135 e. The van der Waals surface area contributed by atoms with Gasteiger partial charge in [0.25, 0.3) is 0 Å². The van der Waals surface area contributed by atoms with E-state index >= 15 is 0 Å². The lowest BCUT2D eigenvalue weighted by Gasteiger charge is -2.26. The van der Waals surface area contributed by atoms with Gasteiger partial charge in [-0.15, -0.1) is 0 Å². The Morgan fingerprint density at radius 1 is 0.267 bits per heavy atom. The van der Waals surface area contributed by atoms with Crippen molar-refractivity contribution in [2.24, 2.45) is 0 Å². The first-order valence-corrected chi connectivity index (χ1v) is 20.5. The second kappa shape index (κ2) is 15.1. The van der Waals surface area contributed by atoms with Crippen LogP contribution in [0.4, 0.5) is 17.1 Å². The van der Waals surface area contributed by atoms with Crippen molar-refractivity contribution in [2.45, 2.75) is 0 Å². The molecule has 0 amide bonds. The van der Waals surface area contributed by atoms with Gasteiger partial charge in [0.15, 0.2) is 0 Å². The number of benzene rings is 10. The zero-order chi connectivity index (χ0) is 39.8. The van der Waals surface area contributed by atoms with E-state index in [0.29, 0.717) is 0 Å². The Bertz CT molecular complexity index is 3260. The van der Waals surface area contributed by atoms with Crippen LogP contribution >= 0.6 is 0 Å². The molecule has 0 aliphatic heterocycles. The summed E-state index contributed by atoms with van der Waals surface area (Å²) in [5.41, 5.74) is 14.7. The Hall–Kier alpha value is -7.94. The number of fused-ring (bicyclic) bond motifs is 3. The van der Waals surface area contributed by atoms with Gasteiger partial charge in [-0.05, 0) is 133 Å². The molecule has 0 radical (unpaired) electrons. The minimum atomic E-state index is 0.872. The van der Waals surface area contributed by atoms with E-state index in [1.165, 1.54) is 54.9 Å². The molecule has 11 rings (SSSR count). The van der Waals surface area contributed by atoms with E-state index in [1.807, 2.05) is 18.2 Å². The maximum atomic E-state index is 6.22. The summed E-state index contributed by atoms with van der Waals surface area (Å²) in [6.45, 7) is 0. The minimum Gasteiger partial charge on any atom is -0.456 e. The van der Waals surface area contributed by atoms with Crippen LogP contribution < -0.4 is 4.90 Å². The summed E-state index contributed by atoms with van der Waals surface area (Å²) in [5.74, 6) is 0.872. The summed E-state index contributed by atoms with van der Waals surface area (Å²) in [5, 5.41) is 6.11. The highest BCUT2D eigenvalue weighted by atomic mass is 16.3. The maximum Gasteiger partial charge on any atom is 0.135 e. The molecule has 0 atom stereocenters. The third kappa shape index (κ3) is 6.70. The average Bonchev–Trinajstić information content (AvgIpc) is 3.77. The van der Waals surface area contributed by atoms with Gasteiger partial charge in [0.2, 0.25) is 0 Å². The molecule has 10 aromatic carbocycles. The van der Waals surface area contributed by atoms with Gasteiger partial charge in [-0.1, -0.05) is 170 Å². The first-order valence-electron chi connectivity index (χ1n) is 20.5. The van der Waals surface area contributed by atoms with Crippen LogP contribution in [0.15, 0.2) is 241 Å². The quantitative estimate of drug-likeness (QED) is 0.153. The highest BCUT2D eigenvalue weighted by Gasteiger charge is 2.15. The van der Waals surface area contributed by atoms with E-state index in [9.17, 15) is 0 Å². The van der Waals surface area contributed by atoms with Crippen LogP contribution in [-0.4, -0.2) is 0 Å². The predicted octanol–water partition coefficient (Wildman–Crippen LogP) is 16.5. The Morgan fingerprint density at radius 2 is 0.733 bits per heavy atom. The molecule has 11 aromatic rings. The van der Waals surface area contributed by atoms with Crippen molar-refractivity contribution in [3.8, 4) is 55.8 Å². The van der Waals surface area contributed by atoms with Crippen molar-refractivity contribution in [2.75, 3.05) is 4.90 Å². The largest absolute Gasteiger partial charge is 0.456 e. The van der Waals surface area contributed by atoms with E-state index in [-0.39, 0.29) is 0 Å². The Labute approximate surface area is 349 Å². The monoisotopic (exact) mass is 765 g/mol. The second-order valence-corrected chi connectivity index (χ2v) is 15.4. The lowest BCUT2D eigenvalue weighted by Crippen LogP contribution is -2.09. The Kier molecular flexibility index (Phi) is 8.87. The molecule has 2 nitrogen and oxygen atoms in total. The zero-order valence-corrected chi connectivity index (χ0v) is 32.9. The summed E-state index contributed by atoms with van der Waals surface area (Å²) >= 11 is 0. The van der Waals surface area contributed by atoms with E-state index < -0.39 is 0 Å². The highest BCUT2D eigenvalue weighted by Crippen LogP contribution is 2.40. The van der Waals surface area contributed by atoms with Crippen LogP contribution in [0.2, 0.25) is 0 Å². The highest BCUT2D eigenvalue weighted by molar-refractivity contribution is 5.97. The summed E-state index contributed by atoms with van der Waals surface area (Å²) < 4.78 is 6.22. The van der Waals surface area contributed by atoms with Crippen LogP contribution in [-0.2, 0) is 0 Å². The van der Waals surface area contributed by atoms with Crippen LogP contribution in [0.5, 0.6) is 0 Å². The summed E-state index contributed by atoms with van der Waals surface area (Å²) in [4.78, 5) is 2.34. The molecule has 0 aliphatic rings. The SMILES string of the molecule is c1cc(-c2ccc(N(c3ccc(-c4cccc(-c5cc6ccccc6o5)c4)cc3)c3ccc(-c4cccc5ccccc45)cc3)cc2)cc(-c2ccc3ccccc3c2)c1. The van der Waals surface area contributed by atoms with E-state index in [2.05, 4.69) is 223 Å². The molecular formula is C58H39NO. The molecule has 282 valence electrons. The van der Waals surface area contributed by atoms with Crippen molar-refractivity contribution >= 4 is 49.6 Å². The van der Waals surface area contributed by atoms with Gasteiger partial charge >= 0.3 is 0 Å². The number of furan rings is 1. The van der Waals surface area contributed by atoms with Gasteiger partial charge in [0.05, 0.1) is 0 Å². The van der Waals surface area contributed by atoms with E-state index in [1.54, 1.807) is 0 Å². The molecule has 0 unspecified atom stereocenters. The molecule has 2 heteroatoms. The van der Waals surface area contributed by atoms with Crippen molar-refractivity contribution in [3.05, 3.63) is 237 Å². The number of anilines is 3.